The van der Waals surface area contributed by atoms with Crippen molar-refractivity contribution in [3.05, 3.63) is 24.1 Å². The summed E-state index contributed by atoms with van der Waals surface area (Å²) in [5.74, 6) is 0.110. The number of phenolic OH excluding ortho intramolecular Hbond substituents is 1. The van der Waals surface area contributed by atoms with Crippen LogP contribution in [0.4, 0.5) is 0 Å². The van der Waals surface area contributed by atoms with Crippen LogP contribution in [0.1, 0.15) is 5.89 Å². The van der Waals surface area contributed by atoms with Crippen LogP contribution in [0.25, 0.3) is 11.1 Å². The van der Waals surface area contributed by atoms with Gasteiger partial charge in [0, 0.05) is 6.07 Å². The number of aromatic nitrogens is 1. The zero-order chi connectivity index (χ0) is 8.55. The zero-order valence-electron chi connectivity index (χ0n) is 5.98. The van der Waals surface area contributed by atoms with Crippen molar-refractivity contribution in [3.8, 4) is 11.8 Å². The smallest absolute Gasteiger partial charge is 0.301 e. The van der Waals surface area contributed by atoms with E-state index in [4.69, 9.17) is 14.8 Å². The molecule has 2 aromatic rings. The van der Waals surface area contributed by atoms with E-state index in [9.17, 15) is 0 Å². The predicted octanol–water partition coefficient (Wildman–Crippen LogP) is 1.41. The standard InChI is InChI=1S/C8H4N2O2/c9-4-8-10-6-2-1-5(11)3-7(6)12-8/h1-3,11H. The van der Waals surface area contributed by atoms with E-state index in [1.54, 1.807) is 12.1 Å². The van der Waals surface area contributed by atoms with Crippen molar-refractivity contribution >= 4 is 11.1 Å². The van der Waals surface area contributed by atoms with Crippen molar-refractivity contribution in [3.63, 3.8) is 0 Å². The number of hydrogen-bond donors (Lipinski definition) is 1. The second kappa shape index (κ2) is 2.24. The number of benzene rings is 1. The van der Waals surface area contributed by atoms with Crippen molar-refractivity contribution in [1.29, 1.82) is 5.26 Å². The number of rotatable bonds is 0. The van der Waals surface area contributed by atoms with Crippen LogP contribution in [0.3, 0.4) is 0 Å². The van der Waals surface area contributed by atoms with E-state index in [1.807, 2.05) is 0 Å². The van der Waals surface area contributed by atoms with E-state index in [-0.39, 0.29) is 11.6 Å². The third-order valence-corrected chi connectivity index (χ3v) is 1.47. The van der Waals surface area contributed by atoms with Gasteiger partial charge in [0.1, 0.15) is 11.3 Å². The molecule has 4 nitrogen and oxygen atoms in total. The molecule has 1 N–H and O–H groups in total. The second-order valence-electron chi connectivity index (χ2n) is 2.28. The molecule has 0 aliphatic heterocycles. The van der Waals surface area contributed by atoms with Gasteiger partial charge in [0.25, 0.3) is 0 Å². The molecule has 0 fully saturated rings. The summed E-state index contributed by atoms with van der Waals surface area (Å²) in [4.78, 5) is 3.83. The molecule has 1 heterocycles. The summed E-state index contributed by atoms with van der Waals surface area (Å²) in [6.07, 6.45) is 0. The fraction of sp³-hybridized carbons (Fsp3) is 0. The minimum Gasteiger partial charge on any atom is -0.508 e. The zero-order valence-corrected chi connectivity index (χ0v) is 5.98. The van der Waals surface area contributed by atoms with Crippen molar-refractivity contribution in [2.24, 2.45) is 0 Å². The molecule has 4 heteroatoms. The number of fused-ring (bicyclic) bond motifs is 1. The van der Waals surface area contributed by atoms with Crippen LogP contribution in [0.15, 0.2) is 22.6 Å². The van der Waals surface area contributed by atoms with Gasteiger partial charge in [-0.1, -0.05) is 0 Å². The van der Waals surface area contributed by atoms with Crippen molar-refractivity contribution in [2.75, 3.05) is 0 Å². The SMILES string of the molecule is N#Cc1nc2ccc(O)cc2o1. The van der Waals surface area contributed by atoms with Gasteiger partial charge in [-0.3, -0.25) is 0 Å². The molecule has 0 amide bonds. The molecular weight excluding hydrogens is 156 g/mol. The van der Waals surface area contributed by atoms with Crippen molar-refractivity contribution in [1.82, 2.24) is 4.98 Å². The highest BCUT2D eigenvalue weighted by atomic mass is 16.3. The number of phenols is 1. The van der Waals surface area contributed by atoms with Crippen LogP contribution in [-0.2, 0) is 0 Å². The van der Waals surface area contributed by atoms with Gasteiger partial charge in [0.15, 0.2) is 11.7 Å². The van der Waals surface area contributed by atoms with E-state index in [1.165, 1.54) is 12.1 Å². The molecular formula is C8H4N2O2. The minimum atomic E-state index is 0.00981. The van der Waals surface area contributed by atoms with Crippen LogP contribution in [0.2, 0.25) is 0 Å². The summed E-state index contributed by atoms with van der Waals surface area (Å²) < 4.78 is 4.97. The Balaban J connectivity index is 2.77. The maximum atomic E-state index is 9.04. The molecule has 0 spiro atoms. The molecule has 0 aliphatic carbocycles. The van der Waals surface area contributed by atoms with Gasteiger partial charge >= 0.3 is 5.89 Å². The number of aromatic hydroxyl groups is 1. The highest BCUT2D eigenvalue weighted by molar-refractivity contribution is 5.74. The van der Waals surface area contributed by atoms with Gasteiger partial charge in [-0.25, -0.2) is 0 Å². The first-order valence-corrected chi connectivity index (χ1v) is 3.29. The predicted molar refractivity (Wildman–Crippen MR) is 40.4 cm³/mol. The van der Waals surface area contributed by atoms with Gasteiger partial charge < -0.3 is 9.52 Å². The maximum Gasteiger partial charge on any atom is 0.301 e. The molecule has 0 saturated heterocycles. The normalized spacial score (nSPS) is 9.92. The molecule has 0 radical (unpaired) electrons. The van der Waals surface area contributed by atoms with Gasteiger partial charge in [-0.2, -0.15) is 10.2 Å². The Hall–Kier alpha value is -2.02. The van der Waals surface area contributed by atoms with Gasteiger partial charge in [0.2, 0.25) is 0 Å². The van der Waals surface area contributed by atoms with Gasteiger partial charge in [-0.05, 0) is 12.1 Å². The highest BCUT2D eigenvalue weighted by Gasteiger charge is 2.04. The van der Waals surface area contributed by atoms with Crippen LogP contribution >= 0.6 is 0 Å². The van der Waals surface area contributed by atoms with Crippen LogP contribution < -0.4 is 0 Å². The van der Waals surface area contributed by atoms with E-state index in [0.29, 0.717) is 11.1 Å². The van der Waals surface area contributed by atoms with E-state index < -0.39 is 0 Å². The monoisotopic (exact) mass is 160 g/mol. The molecule has 0 saturated carbocycles. The average molecular weight is 160 g/mol. The third kappa shape index (κ3) is 0.883. The summed E-state index contributed by atoms with van der Waals surface area (Å²) in [6, 6.07) is 6.28. The van der Waals surface area contributed by atoms with Crippen molar-refractivity contribution < 1.29 is 9.52 Å². The molecule has 12 heavy (non-hydrogen) atoms. The lowest BCUT2D eigenvalue weighted by atomic mass is 10.3. The topological polar surface area (TPSA) is 70.0 Å². The maximum absolute atomic E-state index is 9.04. The minimum absolute atomic E-state index is 0.00981. The first kappa shape index (κ1) is 6.68. The molecule has 0 bridgehead atoms. The number of nitrogens with zero attached hydrogens (tertiary/aromatic N) is 2. The highest BCUT2D eigenvalue weighted by Crippen LogP contribution is 2.19. The fourth-order valence-electron chi connectivity index (χ4n) is 0.961. The third-order valence-electron chi connectivity index (χ3n) is 1.47. The fourth-order valence-corrected chi connectivity index (χ4v) is 0.961. The van der Waals surface area contributed by atoms with E-state index >= 15 is 0 Å². The van der Waals surface area contributed by atoms with Crippen LogP contribution in [0, 0.1) is 11.3 Å². The Morgan fingerprint density at radius 1 is 1.50 bits per heavy atom. The lowest BCUT2D eigenvalue weighted by Crippen LogP contribution is -1.68. The molecule has 0 aliphatic rings. The summed E-state index contributed by atoms with van der Waals surface area (Å²) in [5.41, 5.74) is 0.996. The summed E-state index contributed by atoms with van der Waals surface area (Å²) in [5, 5.41) is 17.5. The Kier molecular flexibility index (Phi) is 1.25. The molecule has 1 aromatic carbocycles. The lowest BCUT2D eigenvalue weighted by Gasteiger charge is -1.86. The van der Waals surface area contributed by atoms with E-state index in [2.05, 4.69) is 4.98 Å². The largest absolute Gasteiger partial charge is 0.508 e. The van der Waals surface area contributed by atoms with Gasteiger partial charge in [-0.15, -0.1) is 0 Å². The first-order chi connectivity index (χ1) is 5.79. The molecule has 2 rings (SSSR count). The number of oxazole rings is 1. The summed E-state index contributed by atoms with van der Waals surface area (Å²) >= 11 is 0. The van der Waals surface area contributed by atoms with Crippen molar-refractivity contribution in [2.45, 2.75) is 0 Å². The van der Waals surface area contributed by atoms with Crippen LogP contribution in [0.5, 0.6) is 5.75 Å². The van der Waals surface area contributed by atoms with Gasteiger partial charge in [0.05, 0.1) is 0 Å². The molecule has 1 aromatic heterocycles. The Morgan fingerprint density at radius 3 is 3.08 bits per heavy atom. The average Bonchev–Trinajstić information content (AvgIpc) is 2.46. The quantitative estimate of drug-likeness (QED) is 0.632. The second-order valence-corrected chi connectivity index (χ2v) is 2.28. The molecule has 58 valence electrons. The van der Waals surface area contributed by atoms with Crippen LogP contribution in [-0.4, -0.2) is 10.1 Å². The number of hydrogen-bond acceptors (Lipinski definition) is 4. The Labute approximate surface area is 67.7 Å². The first-order valence-electron chi connectivity index (χ1n) is 3.29. The number of nitriles is 1. The Bertz CT molecular complexity index is 467. The lowest BCUT2D eigenvalue weighted by molar-refractivity contribution is 0.474. The molecule has 0 atom stereocenters. The summed E-state index contributed by atoms with van der Waals surface area (Å²) in [7, 11) is 0. The van der Waals surface area contributed by atoms with E-state index in [0.717, 1.165) is 0 Å². The summed E-state index contributed by atoms with van der Waals surface area (Å²) in [6.45, 7) is 0. The Morgan fingerprint density at radius 2 is 2.33 bits per heavy atom. The molecule has 0 unspecified atom stereocenters.